The highest BCUT2D eigenvalue weighted by Crippen LogP contribution is 2.43. The summed E-state index contributed by atoms with van der Waals surface area (Å²) in [6.45, 7) is 0. The number of carboxylic acids is 1. The van der Waals surface area contributed by atoms with Crippen molar-refractivity contribution in [3.05, 3.63) is 27.7 Å². The maximum Gasteiger partial charge on any atom is 0.303 e. The van der Waals surface area contributed by atoms with Crippen LogP contribution in [0.2, 0.25) is 5.02 Å². The maximum atomic E-state index is 12.2. The number of carboxylic acid groups (broad SMARTS) is 1. The van der Waals surface area contributed by atoms with Gasteiger partial charge in [0.2, 0.25) is 5.91 Å². The number of rotatable bonds is 5. The van der Waals surface area contributed by atoms with E-state index in [0.717, 1.165) is 4.47 Å². The first-order valence-electron chi connectivity index (χ1n) is 8.11. The number of halogens is 2. The molecule has 2 atom stereocenters. The Morgan fingerprint density at radius 3 is 2.74 bits per heavy atom. The first kappa shape index (κ1) is 20.6. The molecule has 27 heavy (non-hydrogen) atoms. The SMILES string of the molecule is O=C(O)CCCC(=O)N=C1S[C@@H]2CS(=O)(=O)C[C@H]2N1c1ccc(Br)cc1Cl. The number of fused-ring (bicyclic) bond motifs is 1. The molecule has 1 aromatic carbocycles. The van der Waals surface area contributed by atoms with E-state index in [4.69, 9.17) is 16.7 Å². The van der Waals surface area contributed by atoms with E-state index >= 15 is 0 Å². The molecule has 2 aliphatic heterocycles. The normalized spacial score (nSPS) is 25.0. The third kappa shape index (κ3) is 4.85. The van der Waals surface area contributed by atoms with Gasteiger partial charge in [-0.3, -0.25) is 9.59 Å². The van der Waals surface area contributed by atoms with Gasteiger partial charge >= 0.3 is 5.97 Å². The smallest absolute Gasteiger partial charge is 0.303 e. The van der Waals surface area contributed by atoms with Crippen LogP contribution in [0.25, 0.3) is 0 Å². The molecule has 146 valence electrons. The number of amidine groups is 1. The van der Waals surface area contributed by atoms with Crippen LogP contribution >= 0.6 is 39.3 Å². The van der Waals surface area contributed by atoms with Crippen molar-refractivity contribution in [3.63, 3.8) is 0 Å². The number of hydrogen-bond acceptors (Lipinski definition) is 5. The molecular formula is C16H16BrClN2O5S2. The van der Waals surface area contributed by atoms with Crippen molar-refractivity contribution in [2.24, 2.45) is 4.99 Å². The summed E-state index contributed by atoms with van der Waals surface area (Å²) in [5, 5.41) is 9.28. The van der Waals surface area contributed by atoms with Gasteiger partial charge in [-0.05, 0) is 24.6 Å². The summed E-state index contributed by atoms with van der Waals surface area (Å²) >= 11 is 11.0. The quantitative estimate of drug-likeness (QED) is 0.669. The van der Waals surface area contributed by atoms with E-state index in [1.165, 1.54) is 11.8 Å². The first-order chi connectivity index (χ1) is 12.7. The van der Waals surface area contributed by atoms with Gasteiger partial charge in [-0.15, -0.1) is 0 Å². The molecule has 0 spiro atoms. The Bertz CT molecular complexity index is 921. The van der Waals surface area contributed by atoms with E-state index in [9.17, 15) is 18.0 Å². The van der Waals surface area contributed by atoms with Crippen LogP contribution in [-0.4, -0.2) is 53.4 Å². The number of thioether (sulfide) groups is 1. The Morgan fingerprint density at radius 2 is 2.07 bits per heavy atom. The van der Waals surface area contributed by atoms with Crippen molar-refractivity contribution in [1.82, 2.24) is 0 Å². The highest BCUT2D eigenvalue weighted by molar-refractivity contribution is 9.10. The van der Waals surface area contributed by atoms with Gasteiger partial charge in [-0.2, -0.15) is 4.99 Å². The number of hydrogen-bond donors (Lipinski definition) is 1. The van der Waals surface area contributed by atoms with Gasteiger partial charge in [-0.1, -0.05) is 39.3 Å². The fraction of sp³-hybridized carbons (Fsp3) is 0.438. The fourth-order valence-corrected chi connectivity index (χ4v) is 7.76. The summed E-state index contributed by atoms with van der Waals surface area (Å²) < 4.78 is 24.9. The highest BCUT2D eigenvalue weighted by Gasteiger charge is 2.49. The van der Waals surface area contributed by atoms with Crippen molar-refractivity contribution in [1.29, 1.82) is 0 Å². The summed E-state index contributed by atoms with van der Waals surface area (Å²) in [7, 11) is -3.16. The number of nitrogens with zero attached hydrogens (tertiary/aromatic N) is 2. The number of benzene rings is 1. The molecule has 1 aromatic rings. The van der Waals surface area contributed by atoms with E-state index in [1.54, 1.807) is 23.1 Å². The van der Waals surface area contributed by atoms with Gasteiger partial charge in [0, 0.05) is 22.6 Å². The van der Waals surface area contributed by atoms with Gasteiger partial charge in [0.15, 0.2) is 15.0 Å². The number of aliphatic imine (C=N–C) groups is 1. The highest BCUT2D eigenvalue weighted by atomic mass is 79.9. The first-order valence-corrected chi connectivity index (χ1v) is 12.0. The zero-order chi connectivity index (χ0) is 19.8. The predicted octanol–water partition coefficient (Wildman–Crippen LogP) is 2.96. The van der Waals surface area contributed by atoms with Crippen LogP contribution in [0, 0.1) is 0 Å². The lowest BCUT2D eigenvalue weighted by molar-refractivity contribution is -0.137. The molecule has 0 aliphatic carbocycles. The lowest BCUT2D eigenvalue weighted by Crippen LogP contribution is -2.37. The summed E-state index contributed by atoms with van der Waals surface area (Å²) in [5.41, 5.74) is 0.592. The van der Waals surface area contributed by atoms with E-state index in [-0.39, 0.29) is 42.1 Å². The predicted molar refractivity (Wildman–Crippen MR) is 109 cm³/mol. The van der Waals surface area contributed by atoms with E-state index in [2.05, 4.69) is 20.9 Å². The second-order valence-electron chi connectivity index (χ2n) is 6.30. The average molecular weight is 496 g/mol. The van der Waals surface area contributed by atoms with Crippen molar-refractivity contribution >= 4 is 71.9 Å². The minimum absolute atomic E-state index is 0.0197. The topological polar surface area (TPSA) is 104 Å². The number of carbonyl (C=O) groups is 2. The van der Waals surface area contributed by atoms with Crippen molar-refractivity contribution < 1.29 is 23.1 Å². The van der Waals surface area contributed by atoms with Crippen LogP contribution in [0.15, 0.2) is 27.7 Å². The standard InChI is InChI=1S/C16H16BrClN2O5S2/c17-9-4-5-11(10(18)6-9)20-12-7-27(24,25)8-13(12)26-16(20)19-14(21)2-1-3-15(22)23/h4-6,12-13H,1-3,7-8H2,(H,22,23)/t12-,13-/m1/s1. The summed E-state index contributed by atoms with van der Waals surface area (Å²) in [6.07, 6.45) is 0.122. The molecule has 2 fully saturated rings. The third-order valence-corrected chi connectivity index (χ3v) is 8.24. The second-order valence-corrected chi connectivity index (χ2v) is 11.0. The molecule has 0 saturated carbocycles. The molecule has 3 rings (SSSR count). The molecule has 1 amide bonds. The number of sulfone groups is 1. The lowest BCUT2D eigenvalue weighted by Gasteiger charge is -2.25. The molecule has 7 nitrogen and oxygen atoms in total. The summed E-state index contributed by atoms with van der Waals surface area (Å²) in [4.78, 5) is 28.6. The van der Waals surface area contributed by atoms with Crippen LogP contribution in [0.4, 0.5) is 5.69 Å². The zero-order valence-electron chi connectivity index (χ0n) is 14.0. The van der Waals surface area contributed by atoms with Crippen LogP contribution in [-0.2, 0) is 19.4 Å². The summed E-state index contributed by atoms with van der Waals surface area (Å²) in [5.74, 6) is -1.39. The van der Waals surface area contributed by atoms with E-state index < -0.39 is 21.7 Å². The Morgan fingerprint density at radius 1 is 1.33 bits per heavy atom. The van der Waals surface area contributed by atoms with Crippen molar-refractivity contribution in [2.75, 3.05) is 16.4 Å². The van der Waals surface area contributed by atoms with E-state index in [1.807, 2.05) is 0 Å². The number of anilines is 1. The molecule has 2 heterocycles. The Kier molecular flexibility index (Phi) is 6.19. The van der Waals surface area contributed by atoms with Crippen molar-refractivity contribution in [2.45, 2.75) is 30.6 Å². The molecule has 0 bridgehead atoms. The van der Waals surface area contributed by atoms with E-state index in [0.29, 0.717) is 15.9 Å². The third-order valence-electron chi connectivity index (χ3n) is 4.24. The van der Waals surface area contributed by atoms with Gasteiger partial charge < -0.3 is 10.0 Å². The maximum absolute atomic E-state index is 12.2. The zero-order valence-corrected chi connectivity index (χ0v) is 17.9. The number of aliphatic carboxylic acids is 1. The van der Waals surface area contributed by atoms with Crippen LogP contribution in [0.1, 0.15) is 19.3 Å². The second kappa shape index (κ2) is 8.10. The Hall–Kier alpha value is -1.10. The minimum atomic E-state index is -3.16. The molecular weight excluding hydrogens is 480 g/mol. The number of carbonyl (C=O) groups excluding carboxylic acids is 1. The Balaban J connectivity index is 1.89. The molecule has 11 heteroatoms. The van der Waals surface area contributed by atoms with Crippen LogP contribution in [0.5, 0.6) is 0 Å². The van der Waals surface area contributed by atoms with Gasteiger partial charge in [0.25, 0.3) is 0 Å². The van der Waals surface area contributed by atoms with Crippen molar-refractivity contribution in [3.8, 4) is 0 Å². The number of amides is 1. The van der Waals surface area contributed by atoms with Crippen LogP contribution < -0.4 is 4.90 Å². The molecule has 0 unspecified atom stereocenters. The van der Waals surface area contributed by atoms with Gasteiger partial charge in [-0.25, -0.2) is 8.42 Å². The minimum Gasteiger partial charge on any atom is -0.481 e. The van der Waals surface area contributed by atoms with Gasteiger partial charge in [0.05, 0.1) is 28.3 Å². The lowest BCUT2D eigenvalue weighted by atomic mass is 10.2. The summed E-state index contributed by atoms with van der Waals surface area (Å²) in [6, 6.07) is 4.90. The molecule has 1 N–H and O–H groups in total. The molecule has 2 aliphatic rings. The average Bonchev–Trinajstić information content (AvgIpc) is 2.98. The monoisotopic (exact) mass is 494 g/mol. The largest absolute Gasteiger partial charge is 0.481 e. The molecule has 0 aromatic heterocycles. The van der Waals surface area contributed by atoms with Gasteiger partial charge in [0.1, 0.15) is 0 Å². The molecule has 2 saturated heterocycles. The Labute approximate surface area is 174 Å². The fourth-order valence-electron chi connectivity index (χ4n) is 3.08. The molecule has 0 radical (unpaired) electrons. The van der Waals surface area contributed by atoms with Crippen LogP contribution in [0.3, 0.4) is 0 Å².